The van der Waals surface area contributed by atoms with Crippen LogP contribution in [0.15, 0.2) is 30.3 Å². The molecule has 0 bridgehead atoms. The summed E-state index contributed by atoms with van der Waals surface area (Å²) in [5.41, 5.74) is 3.71. The van der Waals surface area contributed by atoms with E-state index in [1.54, 1.807) is 7.11 Å². The number of fused-ring (bicyclic) bond motifs is 1. The standard InChI is InChI=1S/C12H15N3O2/c1-17-7-6-15-10-5-3-2-4-9(10)8-11(15)12(16)14-13/h2-5,8H,6-7,13H2,1H3,(H,14,16). The molecule has 0 unspecified atom stereocenters. The fourth-order valence-corrected chi connectivity index (χ4v) is 1.90. The Balaban J connectivity index is 2.52. The number of para-hydroxylation sites is 1. The van der Waals surface area contributed by atoms with Gasteiger partial charge in [0.05, 0.1) is 6.61 Å². The second-order valence-corrected chi connectivity index (χ2v) is 3.71. The molecule has 1 aromatic carbocycles. The lowest BCUT2D eigenvalue weighted by Gasteiger charge is -2.08. The maximum atomic E-state index is 11.7. The summed E-state index contributed by atoms with van der Waals surface area (Å²) in [5, 5.41) is 1.02. The zero-order chi connectivity index (χ0) is 12.3. The zero-order valence-corrected chi connectivity index (χ0v) is 9.64. The number of nitrogens with zero attached hydrogens (tertiary/aromatic N) is 1. The van der Waals surface area contributed by atoms with Crippen LogP contribution in [0.1, 0.15) is 10.5 Å². The number of carbonyl (C=O) groups excluding carboxylic acids is 1. The van der Waals surface area contributed by atoms with Crippen LogP contribution in [0.3, 0.4) is 0 Å². The fraction of sp³-hybridized carbons (Fsp3) is 0.250. The van der Waals surface area contributed by atoms with Crippen LogP contribution in [-0.4, -0.2) is 24.2 Å². The Labute approximate surface area is 99.1 Å². The molecule has 0 aliphatic rings. The lowest BCUT2D eigenvalue weighted by molar-refractivity contribution is 0.0942. The largest absolute Gasteiger partial charge is 0.383 e. The van der Waals surface area contributed by atoms with E-state index in [4.69, 9.17) is 10.6 Å². The number of hydrogen-bond donors (Lipinski definition) is 2. The van der Waals surface area contributed by atoms with Gasteiger partial charge in [-0.05, 0) is 12.1 Å². The highest BCUT2D eigenvalue weighted by atomic mass is 16.5. The lowest BCUT2D eigenvalue weighted by Crippen LogP contribution is -2.32. The number of methoxy groups -OCH3 is 1. The molecule has 1 aromatic heterocycles. The first kappa shape index (κ1) is 11.6. The van der Waals surface area contributed by atoms with Crippen LogP contribution in [0, 0.1) is 0 Å². The number of carbonyl (C=O) groups is 1. The molecule has 1 heterocycles. The van der Waals surface area contributed by atoms with Crippen LogP contribution in [0.4, 0.5) is 0 Å². The van der Waals surface area contributed by atoms with E-state index in [9.17, 15) is 4.79 Å². The summed E-state index contributed by atoms with van der Waals surface area (Å²) in [6, 6.07) is 9.64. The maximum Gasteiger partial charge on any atom is 0.281 e. The van der Waals surface area contributed by atoms with E-state index in [0.29, 0.717) is 18.8 Å². The summed E-state index contributed by atoms with van der Waals surface area (Å²) >= 11 is 0. The van der Waals surface area contributed by atoms with Gasteiger partial charge in [0.15, 0.2) is 0 Å². The molecular weight excluding hydrogens is 218 g/mol. The van der Waals surface area contributed by atoms with Gasteiger partial charge in [-0.3, -0.25) is 10.2 Å². The van der Waals surface area contributed by atoms with E-state index in [2.05, 4.69) is 5.43 Å². The summed E-state index contributed by atoms with van der Waals surface area (Å²) in [4.78, 5) is 11.7. The smallest absolute Gasteiger partial charge is 0.281 e. The molecule has 5 nitrogen and oxygen atoms in total. The number of nitrogen functional groups attached to an aromatic ring is 1. The average molecular weight is 233 g/mol. The Morgan fingerprint density at radius 1 is 1.47 bits per heavy atom. The highest BCUT2D eigenvalue weighted by Gasteiger charge is 2.13. The van der Waals surface area contributed by atoms with Gasteiger partial charge < -0.3 is 9.30 Å². The molecule has 0 atom stereocenters. The average Bonchev–Trinajstić information content (AvgIpc) is 2.74. The number of hydrogen-bond acceptors (Lipinski definition) is 3. The van der Waals surface area contributed by atoms with Gasteiger partial charge in [-0.15, -0.1) is 0 Å². The number of rotatable bonds is 4. The minimum absolute atomic E-state index is 0.294. The lowest BCUT2D eigenvalue weighted by atomic mass is 10.2. The molecule has 5 heteroatoms. The van der Waals surface area contributed by atoms with Gasteiger partial charge >= 0.3 is 0 Å². The Hall–Kier alpha value is -1.85. The minimum Gasteiger partial charge on any atom is -0.383 e. The van der Waals surface area contributed by atoms with Crippen molar-refractivity contribution in [2.45, 2.75) is 6.54 Å². The summed E-state index contributed by atoms with van der Waals surface area (Å²) in [6.07, 6.45) is 0. The van der Waals surface area contributed by atoms with Crippen LogP contribution in [0.2, 0.25) is 0 Å². The maximum absolute atomic E-state index is 11.7. The molecule has 3 N–H and O–H groups in total. The van der Waals surface area contributed by atoms with Crippen LogP contribution in [0.25, 0.3) is 10.9 Å². The van der Waals surface area contributed by atoms with Gasteiger partial charge in [-0.1, -0.05) is 18.2 Å². The third kappa shape index (κ3) is 2.15. The molecule has 1 amide bonds. The molecule has 0 fully saturated rings. The van der Waals surface area contributed by atoms with Crippen LogP contribution < -0.4 is 11.3 Å². The second-order valence-electron chi connectivity index (χ2n) is 3.71. The van der Waals surface area contributed by atoms with Gasteiger partial charge in [0.1, 0.15) is 5.69 Å². The Bertz CT molecular complexity index is 534. The predicted molar refractivity (Wildman–Crippen MR) is 65.5 cm³/mol. The van der Waals surface area contributed by atoms with Crippen LogP contribution >= 0.6 is 0 Å². The van der Waals surface area contributed by atoms with Gasteiger partial charge in [0, 0.05) is 24.6 Å². The van der Waals surface area contributed by atoms with Gasteiger partial charge in [0.25, 0.3) is 5.91 Å². The van der Waals surface area contributed by atoms with Crippen molar-refractivity contribution in [3.63, 3.8) is 0 Å². The molecule has 0 saturated carbocycles. The van der Waals surface area contributed by atoms with Crippen molar-refractivity contribution in [2.24, 2.45) is 5.84 Å². The first-order chi connectivity index (χ1) is 8.27. The number of aromatic nitrogens is 1. The topological polar surface area (TPSA) is 69.3 Å². The predicted octanol–water partition coefficient (Wildman–Crippen LogP) is 0.891. The molecule has 0 saturated heterocycles. The molecule has 2 aromatic rings. The molecular formula is C12H15N3O2. The Kier molecular flexibility index (Phi) is 3.41. The number of ether oxygens (including phenoxy) is 1. The summed E-state index contributed by atoms with van der Waals surface area (Å²) in [6.45, 7) is 1.16. The normalized spacial score (nSPS) is 10.7. The quantitative estimate of drug-likeness (QED) is 0.468. The summed E-state index contributed by atoms with van der Waals surface area (Å²) < 4.78 is 6.95. The number of amides is 1. The Morgan fingerprint density at radius 2 is 2.24 bits per heavy atom. The second kappa shape index (κ2) is 4.99. The van der Waals surface area contributed by atoms with Crippen molar-refractivity contribution >= 4 is 16.8 Å². The SMILES string of the molecule is COCCn1c(C(=O)NN)cc2ccccc21. The highest BCUT2D eigenvalue weighted by molar-refractivity contribution is 5.98. The summed E-state index contributed by atoms with van der Waals surface area (Å²) in [7, 11) is 1.63. The van der Waals surface area contributed by atoms with Gasteiger partial charge in [-0.25, -0.2) is 5.84 Å². The molecule has 0 aliphatic carbocycles. The van der Waals surface area contributed by atoms with Crippen molar-refractivity contribution in [1.82, 2.24) is 9.99 Å². The summed E-state index contributed by atoms with van der Waals surface area (Å²) in [5.74, 6) is 4.89. The van der Waals surface area contributed by atoms with Gasteiger partial charge in [0.2, 0.25) is 0 Å². The molecule has 90 valence electrons. The molecule has 17 heavy (non-hydrogen) atoms. The molecule has 0 spiro atoms. The van der Waals surface area contributed by atoms with Crippen molar-refractivity contribution in [3.05, 3.63) is 36.0 Å². The van der Waals surface area contributed by atoms with E-state index in [1.807, 2.05) is 34.9 Å². The third-order valence-corrected chi connectivity index (χ3v) is 2.69. The van der Waals surface area contributed by atoms with E-state index >= 15 is 0 Å². The van der Waals surface area contributed by atoms with Crippen LogP contribution in [-0.2, 0) is 11.3 Å². The van der Waals surface area contributed by atoms with Gasteiger partial charge in [-0.2, -0.15) is 0 Å². The first-order valence-corrected chi connectivity index (χ1v) is 5.36. The molecule has 0 radical (unpaired) electrons. The number of nitrogens with two attached hydrogens (primary N) is 1. The number of nitrogens with one attached hydrogen (secondary N) is 1. The molecule has 2 rings (SSSR count). The van der Waals surface area contributed by atoms with Crippen molar-refractivity contribution in [3.8, 4) is 0 Å². The Morgan fingerprint density at radius 3 is 2.94 bits per heavy atom. The van der Waals surface area contributed by atoms with E-state index < -0.39 is 0 Å². The van der Waals surface area contributed by atoms with E-state index in [1.165, 1.54) is 0 Å². The minimum atomic E-state index is -0.294. The van der Waals surface area contributed by atoms with Crippen molar-refractivity contribution in [1.29, 1.82) is 0 Å². The van der Waals surface area contributed by atoms with E-state index in [-0.39, 0.29) is 5.91 Å². The highest BCUT2D eigenvalue weighted by Crippen LogP contribution is 2.19. The molecule has 0 aliphatic heterocycles. The zero-order valence-electron chi connectivity index (χ0n) is 9.64. The number of hydrazine groups is 1. The van der Waals surface area contributed by atoms with Crippen LogP contribution in [0.5, 0.6) is 0 Å². The fourth-order valence-electron chi connectivity index (χ4n) is 1.90. The van der Waals surface area contributed by atoms with Crippen molar-refractivity contribution < 1.29 is 9.53 Å². The number of benzene rings is 1. The monoisotopic (exact) mass is 233 g/mol. The van der Waals surface area contributed by atoms with Crippen molar-refractivity contribution in [2.75, 3.05) is 13.7 Å². The third-order valence-electron chi connectivity index (χ3n) is 2.69. The van der Waals surface area contributed by atoms with E-state index in [0.717, 1.165) is 10.9 Å². The first-order valence-electron chi connectivity index (χ1n) is 5.36.